The van der Waals surface area contributed by atoms with Crippen LogP contribution in [-0.2, 0) is 4.79 Å². The van der Waals surface area contributed by atoms with E-state index in [1.54, 1.807) is 6.92 Å². The third kappa shape index (κ3) is 3.67. The van der Waals surface area contributed by atoms with Crippen LogP contribution < -0.4 is 10.1 Å². The highest BCUT2D eigenvalue weighted by atomic mass is 16.5. The number of nitrogens with one attached hydrogen (secondary N) is 1. The van der Waals surface area contributed by atoms with E-state index in [0.717, 1.165) is 16.7 Å². The van der Waals surface area contributed by atoms with Crippen LogP contribution in [0.15, 0.2) is 85.2 Å². The fourth-order valence-corrected chi connectivity index (χ4v) is 2.86. The first-order valence-electron chi connectivity index (χ1n) is 8.76. The monoisotopic (exact) mass is 357 g/mol. The highest BCUT2D eigenvalue weighted by molar-refractivity contribution is 6.02. The summed E-state index contributed by atoms with van der Waals surface area (Å²) in [6.45, 7) is 1.73. The van der Waals surface area contributed by atoms with E-state index in [2.05, 4.69) is 5.32 Å². The minimum atomic E-state index is -0.629. The lowest BCUT2D eigenvalue weighted by Gasteiger charge is -2.15. The number of para-hydroxylation sites is 2. The average molecular weight is 357 g/mol. The van der Waals surface area contributed by atoms with E-state index in [0.29, 0.717) is 11.4 Å². The molecule has 0 aliphatic carbocycles. The van der Waals surface area contributed by atoms with Crippen LogP contribution in [0.4, 0.5) is 5.69 Å². The number of fused-ring (bicyclic) bond motifs is 1. The number of pyridine rings is 1. The molecule has 27 heavy (non-hydrogen) atoms. The molecule has 0 saturated heterocycles. The number of carbonyl (C=O) groups is 1. The van der Waals surface area contributed by atoms with Crippen LogP contribution in [0.2, 0.25) is 0 Å². The second kappa shape index (κ2) is 7.33. The summed E-state index contributed by atoms with van der Waals surface area (Å²) in [6.07, 6.45) is 3.24. The van der Waals surface area contributed by atoms with Crippen molar-refractivity contribution < 1.29 is 9.53 Å². The molecule has 1 unspecified atom stereocenters. The first-order valence-corrected chi connectivity index (χ1v) is 8.76. The van der Waals surface area contributed by atoms with Crippen LogP contribution >= 0.6 is 0 Å². The Balaban J connectivity index is 1.59. The molecule has 2 aromatic heterocycles. The quantitative estimate of drug-likeness (QED) is 0.575. The van der Waals surface area contributed by atoms with Crippen molar-refractivity contribution in [2.45, 2.75) is 13.0 Å². The van der Waals surface area contributed by atoms with Gasteiger partial charge in [-0.25, -0.2) is 4.98 Å². The van der Waals surface area contributed by atoms with E-state index in [1.165, 1.54) is 0 Å². The van der Waals surface area contributed by atoms with E-state index in [9.17, 15) is 4.79 Å². The lowest BCUT2D eigenvalue weighted by molar-refractivity contribution is -0.122. The van der Waals surface area contributed by atoms with Crippen molar-refractivity contribution in [1.29, 1.82) is 0 Å². The van der Waals surface area contributed by atoms with Gasteiger partial charge < -0.3 is 14.6 Å². The van der Waals surface area contributed by atoms with Gasteiger partial charge in [0.15, 0.2) is 6.10 Å². The summed E-state index contributed by atoms with van der Waals surface area (Å²) in [5.74, 6) is 1.23. The molecule has 5 nitrogen and oxygen atoms in total. The number of rotatable bonds is 5. The van der Waals surface area contributed by atoms with Gasteiger partial charge in [-0.05, 0) is 49.4 Å². The number of carbonyl (C=O) groups excluding carboxylic acids is 1. The maximum atomic E-state index is 12.6. The lowest BCUT2D eigenvalue weighted by atomic mass is 10.2. The van der Waals surface area contributed by atoms with E-state index >= 15 is 0 Å². The Hall–Kier alpha value is -3.60. The first kappa shape index (κ1) is 16.8. The number of nitrogens with zero attached hydrogens (tertiary/aromatic N) is 2. The minimum Gasteiger partial charge on any atom is -0.481 e. The lowest BCUT2D eigenvalue weighted by Crippen LogP contribution is -2.30. The van der Waals surface area contributed by atoms with Crippen molar-refractivity contribution >= 4 is 22.5 Å². The van der Waals surface area contributed by atoms with Crippen molar-refractivity contribution in [3.63, 3.8) is 0 Å². The van der Waals surface area contributed by atoms with Crippen LogP contribution in [0, 0.1) is 0 Å². The topological polar surface area (TPSA) is 56.1 Å². The molecule has 4 rings (SSSR count). The molecule has 0 aliphatic rings. The molecular formula is C22H19N3O2. The summed E-state index contributed by atoms with van der Waals surface area (Å²) in [7, 11) is 0. The van der Waals surface area contributed by atoms with E-state index in [4.69, 9.17) is 9.72 Å². The number of aromatic nitrogens is 2. The molecule has 0 spiro atoms. The van der Waals surface area contributed by atoms with Gasteiger partial charge in [0.2, 0.25) is 0 Å². The normalized spacial score (nSPS) is 11.9. The number of amides is 1. The number of hydrogen-bond acceptors (Lipinski definition) is 3. The highest BCUT2D eigenvalue weighted by Gasteiger charge is 2.16. The van der Waals surface area contributed by atoms with Crippen molar-refractivity contribution in [3.8, 4) is 11.6 Å². The molecule has 0 fully saturated rings. The number of hydrogen-bond donors (Lipinski definition) is 1. The van der Waals surface area contributed by atoms with Gasteiger partial charge in [-0.3, -0.25) is 4.79 Å². The SMILES string of the molecule is CC(Oc1ccccc1)C(=O)Nc1cccc2ccc(-n3cccc3)nc12. The molecular weight excluding hydrogens is 338 g/mol. The van der Waals surface area contributed by atoms with Gasteiger partial charge >= 0.3 is 0 Å². The Kier molecular flexibility index (Phi) is 4.58. The van der Waals surface area contributed by atoms with Gasteiger partial charge in [0.05, 0.1) is 11.2 Å². The largest absolute Gasteiger partial charge is 0.481 e. The summed E-state index contributed by atoms with van der Waals surface area (Å²) < 4.78 is 7.64. The van der Waals surface area contributed by atoms with Gasteiger partial charge in [-0.2, -0.15) is 0 Å². The Labute approximate surface area is 157 Å². The standard InChI is InChI=1S/C22H19N3O2/c1-16(27-18-9-3-2-4-10-18)22(26)23-19-11-7-8-17-12-13-20(24-21(17)19)25-14-5-6-15-25/h2-16H,1H3,(H,23,26). The molecule has 134 valence electrons. The molecule has 1 amide bonds. The van der Waals surface area contributed by atoms with Gasteiger partial charge in [0.1, 0.15) is 11.6 Å². The first-order chi connectivity index (χ1) is 13.2. The zero-order valence-electron chi connectivity index (χ0n) is 14.9. The molecule has 0 bridgehead atoms. The Morgan fingerprint density at radius 1 is 0.963 bits per heavy atom. The molecule has 2 heterocycles. The molecule has 0 saturated carbocycles. The molecule has 1 N–H and O–H groups in total. The van der Waals surface area contributed by atoms with Crippen LogP contribution in [0.25, 0.3) is 16.7 Å². The molecule has 5 heteroatoms. The Morgan fingerprint density at radius 2 is 1.74 bits per heavy atom. The summed E-state index contributed by atoms with van der Waals surface area (Å²) in [4.78, 5) is 17.3. The Bertz CT molecular complexity index is 1060. The maximum absolute atomic E-state index is 12.6. The van der Waals surface area contributed by atoms with Crippen LogP contribution in [0.3, 0.4) is 0 Å². The van der Waals surface area contributed by atoms with E-state index in [-0.39, 0.29) is 5.91 Å². The zero-order valence-corrected chi connectivity index (χ0v) is 14.9. The van der Waals surface area contributed by atoms with Gasteiger partial charge in [-0.15, -0.1) is 0 Å². The second-order valence-corrected chi connectivity index (χ2v) is 6.20. The number of anilines is 1. The average Bonchev–Trinajstić information content (AvgIpc) is 3.23. The molecule has 0 aliphatic heterocycles. The zero-order chi connectivity index (χ0) is 18.6. The fraction of sp³-hybridized carbons (Fsp3) is 0.0909. The van der Waals surface area contributed by atoms with Crippen molar-refractivity contribution in [2.24, 2.45) is 0 Å². The van der Waals surface area contributed by atoms with Crippen molar-refractivity contribution in [3.05, 3.63) is 85.2 Å². The second-order valence-electron chi connectivity index (χ2n) is 6.20. The third-order valence-corrected chi connectivity index (χ3v) is 4.26. The Morgan fingerprint density at radius 3 is 2.52 bits per heavy atom. The van der Waals surface area contributed by atoms with Crippen LogP contribution in [0.5, 0.6) is 5.75 Å². The molecule has 4 aromatic rings. The third-order valence-electron chi connectivity index (χ3n) is 4.26. The predicted molar refractivity (Wildman–Crippen MR) is 106 cm³/mol. The summed E-state index contributed by atoms with van der Waals surface area (Å²) in [5.41, 5.74) is 1.40. The van der Waals surface area contributed by atoms with Crippen molar-refractivity contribution in [1.82, 2.24) is 9.55 Å². The number of ether oxygens (including phenoxy) is 1. The maximum Gasteiger partial charge on any atom is 0.265 e. The van der Waals surface area contributed by atoms with E-state index in [1.807, 2.05) is 89.8 Å². The smallest absolute Gasteiger partial charge is 0.265 e. The molecule has 1 atom stereocenters. The predicted octanol–water partition coefficient (Wildman–Crippen LogP) is 4.43. The molecule has 2 aromatic carbocycles. The number of benzene rings is 2. The highest BCUT2D eigenvalue weighted by Crippen LogP contribution is 2.23. The fourth-order valence-electron chi connectivity index (χ4n) is 2.86. The van der Waals surface area contributed by atoms with Crippen LogP contribution in [-0.4, -0.2) is 21.6 Å². The minimum absolute atomic E-state index is 0.223. The molecule has 0 radical (unpaired) electrons. The van der Waals surface area contributed by atoms with Gasteiger partial charge in [0.25, 0.3) is 5.91 Å². The van der Waals surface area contributed by atoms with Crippen molar-refractivity contribution in [2.75, 3.05) is 5.32 Å². The van der Waals surface area contributed by atoms with Crippen LogP contribution in [0.1, 0.15) is 6.92 Å². The summed E-state index contributed by atoms with van der Waals surface area (Å²) in [5, 5.41) is 3.90. The van der Waals surface area contributed by atoms with E-state index < -0.39 is 6.10 Å². The summed E-state index contributed by atoms with van der Waals surface area (Å²) >= 11 is 0. The van der Waals surface area contributed by atoms with Gasteiger partial charge in [-0.1, -0.05) is 30.3 Å². The van der Waals surface area contributed by atoms with Gasteiger partial charge in [0, 0.05) is 17.8 Å². The summed E-state index contributed by atoms with van der Waals surface area (Å²) in [6, 6.07) is 22.9.